The Bertz CT molecular complexity index is 690. The molecule has 8 nitrogen and oxygen atoms in total. The van der Waals surface area contributed by atoms with Crippen molar-refractivity contribution in [1.29, 1.82) is 0 Å². The first kappa shape index (κ1) is 36.2. The van der Waals surface area contributed by atoms with Crippen LogP contribution in [0.25, 0.3) is 0 Å². The molecule has 4 N–H and O–H groups in total. The topological polar surface area (TPSA) is 120 Å². The lowest BCUT2D eigenvalue weighted by molar-refractivity contribution is -0.214. The summed E-state index contributed by atoms with van der Waals surface area (Å²) in [4.78, 5) is 11.4. The van der Waals surface area contributed by atoms with Crippen LogP contribution in [0.2, 0.25) is 0 Å². The molecule has 0 unspecified atom stereocenters. The molecule has 2 aliphatic rings. The Morgan fingerprint density at radius 2 is 1.59 bits per heavy atom. The van der Waals surface area contributed by atoms with Crippen LogP contribution in [0.1, 0.15) is 135 Å². The smallest absolute Gasteiger partial charge is 0.330 e. The number of rotatable bonds is 26. The van der Waals surface area contributed by atoms with Crippen LogP contribution in [0.15, 0.2) is 12.2 Å². The SMILES string of the molecule is CCOC(=O)/C=C/CCCC[C@H]1O[C@]2(CCCCCCCCCCCCCCCOC[C@@H](N)CO)CC[C@@H](O)[C@H]1O2. The van der Waals surface area contributed by atoms with Gasteiger partial charge in [-0.15, -0.1) is 0 Å². The van der Waals surface area contributed by atoms with Crippen molar-refractivity contribution in [3.05, 3.63) is 12.2 Å². The highest BCUT2D eigenvalue weighted by Gasteiger charge is 2.52. The van der Waals surface area contributed by atoms with E-state index in [0.717, 1.165) is 64.4 Å². The van der Waals surface area contributed by atoms with Crippen molar-refractivity contribution in [2.24, 2.45) is 5.73 Å². The van der Waals surface area contributed by atoms with Gasteiger partial charge in [-0.2, -0.15) is 0 Å². The Morgan fingerprint density at radius 3 is 2.22 bits per heavy atom. The average Bonchev–Trinajstić information content (AvgIpc) is 3.27. The van der Waals surface area contributed by atoms with E-state index in [1.807, 2.05) is 6.08 Å². The van der Waals surface area contributed by atoms with E-state index in [4.69, 9.17) is 29.8 Å². The van der Waals surface area contributed by atoms with E-state index in [1.54, 1.807) is 6.92 Å². The Morgan fingerprint density at radius 1 is 0.951 bits per heavy atom. The van der Waals surface area contributed by atoms with Gasteiger partial charge in [-0.1, -0.05) is 83.1 Å². The third kappa shape index (κ3) is 15.8. The van der Waals surface area contributed by atoms with Crippen molar-refractivity contribution in [3.63, 3.8) is 0 Å². The molecule has 2 bridgehead atoms. The summed E-state index contributed by atoms with van der Waals surface area (Å²) >= 11 is 0. The first-order valence-electron chi connectivity index (χ1n) is 16.8. The number of carbonyl (C=O) groups excluding carboxylic acids is 1. The van der Waals surface area contributed by atoms with Gasteiger partial charge in [0.15, 0.2) is 5.79 Å². The number of unbranched alkanes of at least 4 members (excludes halogenated alkanes) is 14. The molecule has 8 heteroatoms. The third-order valence-corrected chi connectivity index (χ3v) is 8.35. The fourth-order valence-corrected chi connectivity index (χ4v) is 5.94. The molecule has 0 radical (unpaired) electrons. The second-order valence-corrected chi connectivity index (χ2v) is 12.1. The third-order valence-electron chi connectivity index (χ3n) is 8.35. The molecule has 0 aromatic carbocycles. The number of fused-ring (bicyclic) bond motifs is 2. The fraction of sp³-hybridized carbons (Fsp3) is 0.909. The molecule has 0 amide bonds. The zero-order valence-corrected chi connectivity index (χ0v) is 25.9. The fourth-order valence-electron chi connectivity index (χ4n) is 5.94. The van der Waals surface area contributed by atoms with E-state index >= 15 is 0 Å². The lowest BCUT2D eigenvalue weighted by atomic mass is 9.94. The van der Waals surface area contributed by atoms with E-state index in [2.05, 4.69) is 0 Å². The number of ether oxygens (including phenoxy) is 4. The van der Waals surface area contributed by atoms with Crippen molar-refractivity contribution in [2.75, 3.05) is 26.4 Å². The van der Waals surface area contributed by atoms with Crippen molar-refractivity contribution in [2.45, 2.75) is 165 Å². The maximum absolute atomic E-state index is 11.4. The van der Waals surface area contributed by atoms with Gasteiger partial charge in [-0.05, 0) is 45.4 Å². The highest BCUT2D eigenvalue weighted by Crippen LogP contribution is 2.44. The molecule has 5 atom stereocenters. The van der Waals surface area contributed by atoms with Crippen LogP contribution in [0.5, 0.6) is 0 Å². The minimum absolute atomic E-state index is 0.0117. The summed E-state index contributed by atoms with van der Waals surface area (Å²) in [6.45, 7) is 3.40. The van der Waals surface area contributed by atoms with Crippen LogP contribution in [0, 0.1) is 0 Å². The quantitative estimate of drug-likeness (QED) is 0.0635. The number of aliphatic hydroxyl groups excluding tert-OH is 2. The van der Waals surface area contributed by atoms with E-state index in [1.165, 1.54) is 76.7 Å². The van der Waals surface area contributed by atoms with Crippen molar-refractivity contribution in [1.82, 2.24) is 0 Å². The number of nitrogens with two attached hydrogens (primary N) is 1. The van der Waals surface area contributed by atoms with Gasteiger partial charge in [0.25, 0.3) is 0 Å². The molecule has 0 aromatic rings. The molecule has 2 aliphatic heterocycles. The van der Waals surface area contributed by atoms with Crippen molar-refractivity contribution in [3.8, 4) is 0 Å². The number of allylic oxidation sites excluding steroid dienone is 1. The van der Waals surface area contributed by atoms with Crippen LogP contribution in [0.3, 0.4) is 0 Å². The normalized spacial score (nSPS) is 24.7. The van der Waals surface area contributed by atoms with Gasteiger partial charge in [-0.3, -0.25) is 0 Å². The Hall–Kier alpha value is -1.03. The minimum atomic E-state index is -0.487. The summed E-state index contributed by atoms with van der Waals surface area (Å²) in [5, 5.41) is 19.3. The largest absolute Gasteiger partial charge is 0.463 e. The predicted molar refractivity (Wildman–Crippen MR) is 162 cm³/mol. The van der Waals surface area contributed by atoms with Crippen molar-refractivity contribution >= 4 is 5.97 Å². The van der Waals surface area contributed by atoms with E-state index < -0.39 is 11.9 Å². The Kier molecular flexibility index (Phi) is 19.8. The van der Waals surface area contributed by atoms with Crippen LogP contribution in [0.4, 0.5) is 0 Å². The lowest BCUT2D eigenvalue weighted by Gasteiger charge is -2.33. The van der Waals surface area contributed by atoms with Crippen LogP contribution in [-0.4, -0.2) is 72.8 Å². The van der Waals surface area contributed by atoms with E-state index in [9.17, 15) is 9.90 Å². The highest BCUT2D eigenvalue weighted by molar-refractivity contribution is 5.81. The second kappa shape index (κ2) is 22.5. The van der Waals surface area contributed by atoms with Gasteiger partial charge in [0.2, 0.25) is 0 Å². The first-order valence-corrected chi connectivity index (χ1v) is 16.8. The maximum Gasteiger partial charge on any atom is 0.330 e. The molecule has 0 saturated carbocycles. The van der Waals surface area contributed by atoms with Gasteiger partial charge in [-0.25, -0.2) is 4.79 Å². The summed E-state index contributed by atoms with van der Waals surface area (Å²) in [5.41, 5.74) is 5.61. The molecule has 2 fully saturated rings. The van der Waals surface area contributed by atoms with Gasteiger partial charge >= 0.3 is 5.97 Å². The number of esters is 1. The zero-order chi connectivity index (χ0) is 29.6. The van der Waals surface area contributed by atoms with Crippen LogP contribution in [-0.2, 0) is 23.7 Å². The molecule has 0 aliphatic carbocycles. The molecule has 0 spiro atoms. The Labute approximate surface area is 249 Å². The molecule has 2 saturated heterocycles. The number of hydrogen-bond donors (Lipinski definition) is 3. The van der Waals surface area contributed by atoms with Gasteiger partial charge in [0.1, 0.15) is 6.10 Å². The summed E-state index contributed by atoms with van der Waals surface area (Å²) in [6.07, 6.45) is 25.4. The lowest BCUT2D eigenvalue weighted by Crippen LogP contribution is -2.41. The van der Waals surface area contributed by atoms with Crippen LogP contribution < -0.4 is 5.73 Å². The molecule has 2 rings (SSSR count). The number of hydrogen-bond acceptors (Lipinski definition) is 8. The average molecular weight is 584 g/mol. The molecule has 41 heavy (non-hydrogen) atoms. The predicted octanol–water partition coefficient (Wildman–Crippen LogP) is 6.10. The standard InChI is InChI=1S/C33H61NO7/c1-2-39-31(37)21-17-13-12-16-20-30-32-29(36)22-24-33(40-30,41-32)23-18-14-10-8-6-4-3-5-7-9-11-15-19-25-38-27-28(34)26-35/h17,21,28-30,32,35-36H,2-16,18-20,22-27,34H2,1H3/b21-17+/t28-,29+,30+,32+,33-/m0/s1. The van der Waals surface area contributed by atoms with E-state index in [-0.39, 0.29) is 30.8 Å². The van der Waals surface area contributed by atoms with Crippen molar-refractivity contribution < 1.29 is 34.0 Å². The molecule has 240 valence electrons. The summed E-state index contributed by atoms with van der Waals surface area (Å²) in [5.74, 6) is -0.767. The maximum atomic E-state index is 11.4. The molecule has 0 aromatic heterocycles. The highest BCUT2D eigenvalue weighted by atomic mass is 16.8. The number of carbonyl (C=O) groups is 1. The van der Waals surface area contributed by atoms with E-state index in [0.29, 0.717) is 13.2 Å². The summed E-state index contributed by atoms with van der Waals surface area (Å²) in [7, 11) is 0. The second-order valence-electron chi connectivity index (χ2n) is 12.1. The first-order chi connectivity index (χ1) is 20.0. The summed E-state index contributed by atoms with van der Waals surface area (Å²) < 4.78 is 23.1. The molecular formula is C33H61NO7. The van der Waals surface area contributed by atoms with Gasteiger partial charge in [0.05, 0.1) is 38.1 Å². The van der Waals surface area contributed by atoms with Gasteiger partial charge in [0, 0.05) is 25.5 Å². The van der Waals surface area contributed by atoms with Crippen LogP contribution >= 0.6 is 0 Å². The molecular weight excluding hydrogens is 522 g/mol. The summed E-state index contributed by atoms with van der Waals surface area (Å²) in [6, 6.07) is -0.248. The Balaban J connectivity index is 1.42. The number of aliphatic hydroxyl groups is 2. The molecule has 2 heterocycles. The zero-order valence-electron chi connectivity index (χ0n) is 25.9. The van der Waals surface area contributed by atoms with Gasteiger partial charge < -0.3 is 34.9 Å². The monoisotopic (exact) mass is 583 g/mol. The minimum Gasteiger partial charge on any atom is -0.463 e.